The van der Waals surface area contributed by atoms with Gasteiger partial charge in [-0.3, -0.25) is 0 Å². The van der Waals surface area contributed by atoms with Crippen molar-refractivity contribution < 1.29 is 87.3 Å². The summed E-state index contributed by atoms with van der Waals surface area (Å²) in [6.45, 7) is -1.30. The predicted molar refractivity (Wildman–Crippen MR) is 76.1 cm³/mol. The van der Waals surface area contributed by atoms with E-state index in [-0.39, 0.29) is 24.3 Å². The smallest absolute Gasteiger partial charge is 0.192 e. The van der Waals surface area contributed by atoms with Crippen LogP contribution in [0.25, 0.3) is 0 Å². The van der Waals surface area contributed by atoms with Crippen LogP contribution in [0, 0.1) is 0 Å². The second-order valence-electron chi connectivity index (χ2n) is 6.98. The first-order valence-electron chi connectivity index (χ1n) is 8.48. The zero-order valence-corrected chi connectivity index (χ0v) is 16.9. The van der Waals surface area contributed by atoms with E-state index in [2.05, 4.69) is 4.28 Å². The molecule has 0 aromatic rings. The molecule has 1 aliphatic heterocycles. The summed E-state index contributed by atoms with van der Waals surface area (Å²) in [6.07, 6.45) is -7.73. The van der Waals surface area contributed by atoms with E-state index in [1.807, 2.05) is 0 Å². The molecule has 1 fully saturated rings. The first-order chi connectivity index (χ1) is 15.1. The monoisotopic (exact) mass is 583 g/mol. The molecule has 0 aromatic heterocycles. The third-order valence-electron chi connectivity index (χ3n) is 4.53. The van der Waals surface area contributed by atoms with Gasteiger partial charge in [0.15, 0.2) is 0 Å². The van der Waals surface area contributed by atoms with Crippen molar-refractivity contribution in [1.82, 2.24) is 5.06 Å². The number of hydrogen-bond donors (Lipinski definition) is 0. The molecule has 0 radical (unpaired) electrons. The minimum Gasteiger partial charge on any atom is -0.192 e. The van der Waals surface area contributed by atoms with Crippen molar-refractivity contribution >= 4 is 10.1 Å². The lowest BCUT2D eigenvalue weighted by Crippen LogP contribution is -2.75. The highest BCUT2D eigenvalue weighted by Crippen LogP contribution is 2.64. The van der Waals surface area contributed by atoms with Crippen LogP contribution in [-0.2, 0) is 14.4 Å². The minimum absolute atomic E-state index is 0.0690. The van der Waals surface area contributed by atoms with Gasteiger partial charge in [-0.05, 0) is 12.8 Å². The second-order valence-corrected chi connectivity index (χ2v) is 8.55. The largest absolute Gasteiger partial charge is 0.460 e. The standard InChI is InChI=1S/C13H10F17NO3S/c14-6(15,8(18,19)10(22,23)12(26,27)28)7(16,17)9(20,21)11(24,25)13(29,30)35(32,33)34-31-4-2-1-3-5-31/h1-5H2. The summed E-state index contributed by atoms with van der Waals surface area (Å²) in [7, 11) is -7.52. The molecule has 0 saturated carbocycles. The van der Waals surface area contributed by atoms with Gasteiger partial charge in [-0.15, -0.1) is 0 Å². The van der Waals surface area contributed by atoms with Crippen LogP contribution in [0.2, 0.25) is 0 Å². The van der Waals surface area contributed by atoms with Gasteiger partial charge >= 0.3 is 57.1 Å². The van der Waals surface area contributed by atoms with Gasteiger partial charge in [0.1, 0.15) is 0 Å². The van der Waals surface area contributed by atoms with Gasteiger partial charge < -0.3 is 0 Å². The lowest BCUT2D eigenvalue weighted by atomic mass is 9.91. The summed E-state index contributed by atoms with van der Waals surface area (Å²) in [4.78, 5) is 0. The van der Waals surface area contributed by atoms with Crippen molar-refractivity contribution in [3.63, 3.8) is 0 Å². The molecule has 1 rings (SSSR count). The Morgan fingerprint density at radius 1 is 0.486 bits per heavy atom. The molecule has 0 spiro atoms. The maximum absolute atomic E-state index is 13.8. The molecule has 1 aliphatic rings. The van der Waals surface area contributed by atoms with Crippen LogP contribution in [0.4, 0.5) is 74.6 Å². The summed E-state index contributed by atoms with van der Waals surface area (Å²) >= 11 is 0. The zero-order valence-electron chi connectivity index (χ0n) is 16.0. The van der Waals surface area contributed by atoms with E-state index in [9.17, 15) is 83.1 Å². The molecule has 210 valence electrons. The number of halogens is 17. The first-order valence-corrected chi connectivity index (χ1v) is 9.89. The second kappa shape index (κ2) is 8.62. The summed E-state index contributed by atoms with van der Waals surface area (Å²) in [5, 5.41) is -7.73. The van der Waals surface area contributed by atoms with Gasteiger partial charge in [0.05, 0.1) is 0 Å². The third-order valence-corrected chi connectivity index (χ3v) is 5.82. The highest BCUT2D eigenvalue weighted by atomic mass is 32.2. The zero-order chi connectivity index (χ0) is 28.3. The van der Waals surface area contributed by atoms with Crippen LogP contribution in [0.15, 0.2) is 0 Å². The molecule has 0 aromatic carbocycles. The van der Waals surface area contributed by atoms with Crippen molar-refractivity contribution in [2.75, 3.05) is 13.1 Å². The molecule has 35 heavy (non-hydrogen) atoms. The lowest BCUT2D eigenvalue weighted by Gasteiger charge is -2.42. The maximum Gasteiger partial charge on any atom is 0.460 e. The topological polar surface area (TPSA) is 46.6 Å². The SMILES string of the molecule is O=S(=O)(ON1CCCCC1)C(F)(F)C(F)(F)C(F)(F)C(F)(F)C(F)(F)C(F)(F)C(F)(F)C(F)(F)F. The van der Waals surface area contributed by atoms with Crippen molar-refractivity contribution in [1.29, 1.82) is 0 Å². The molecular formula is C13H10F17NO3S. The number of rotatable bonds is 9. The third kappa shape index (κ3) is 4.39. The summed E-state index contributed by atoms with van der Waals surface area (Å²) in [6, 6.07) is 0. The van der Waals surface area contributed by atoms with E-state index in [1.165, 1.54) is 0 Å². The minimum atomic E-state index is -8.86. The number of hydroxylamine groups is 2. The van der Waals surface area contributed by atoms with E-state index in [0.29, 0.717) is 0 Å². The van der Waals surface area contributed by atoms with E-state index in [0.717, 1.165) is 0 Å². The van der Waals surface area contributed by atoms with E-state index >= 15 is 0 Å². The fraction of sp³-hybridized carbons (Fsp3) is 1.00. The number of nitrogens with zero attached hydrogens (tertiary/aromatic N) is 1. The Labute approximate surface area is 183 Å². The fourth-order valence-electron chi connectivity index (χ4n) is 2.43. The molecule has 1 saturated heterocycles. The van der Waals surface area contributed by atoms with Gasteiger partial charge in [0.25, 0.3) is 0 Å². The van der Waals surface area contributed by atoms with E-state index in [1.54, 1.807) is 0 Å². The quantitative estimate of drug-likeness (QED) is 0.327. The molecule has 0 amide bonds. The Kier molecular flexibility index (Phi) is 7.81. The maximum atomic E-state index is 13.8. The van der Waals surface area contributed by atoms with Crippen LogP contribution >= 0.6 is 0 Å². The molecule has 0 bridgehead atoms. The fourth-order valence-corrected chi connectivity index (χ4v) is 3.39. The molecule has 0 unspecified atom stereocenters. The van der Waals surface area contributed by atoms with Crippen molar-refractivity contribution in [2.24, 2.45) is 0 Å². The van der Waals surface area contributed by atoms with Gasteiger partial charge in [-0.1, -0.05) is 6.42 Å². The molecule has 1 heterocycles. The predicted octanol–water partition coefficient (Wildman–Crippen LogP) is 5.70. The normalized spacial score (nSPS) is 19.2. The van der Waals surface area contributed by atoms with Crippen molar-refractivity contribution in [3.05, 3.63) is 0 Å². The first kappa shape index (κ1) is 31.7. The average molecular weight is 583 g/mol. The van der Waals surface area contributed by atoms with Gasteiger partial charge in [0, 0.05) is 13.1 Å². The van der Waals surface area contributed by atoms with Crippen molar-refractivity contribution in [3.8, 4) is 0 Å². The molecule has 4 nitrogen and oxygen atoms in total. The summed E-state index contributed by atoms with van der Waals surface area (Å²) in [5.74, 6) is -51.7. The van der Waals surface area contributed by atoms with E-state index < -0.39 is 70.2 Å². The molecule has 0 N–H and O–H groups in total. The summed E-state index contributed by atoms with van der Waals surface area (Å²) in [5.41, 5.74) is 0. The molecular weight excluding hydrogens is 573 g/mol. The van der Waals surface area contributed by atoms with Crippen LogP contribution in [0.5, 0.6) is 0 Å². The Morgan fingerprint density at radius 2 is 0.800 bits per heavy atom. The van der Waals surface area contributed by atoms with E-state index in [4.69, 9.17) is 0 Å². The highest BCUT2D eigenvalue weighted by molar-refractivity contribution is 7.87. The number of alkyl halides is 17. The Morgan fingerprint density at radius 3 is 1.14 bits per heavy atom. The molecule has 22 heteroatoms. The number of piperidine rings is 1. The summed E-state index contributed by atoms with van der Waals surface area (Å²) < 4.78 is 250. The van der Waals surface area contributed by atoms with Crippen LogP contribution in [0.3, 0.4) is 0 Å². The number of hydrogen-bond acceptors (Lipinski definition) is 4. The lowest BCUT2D eigenvalue weighted by molar-refractivity contribution is -0.458. The Bertz CT molecular complexity index is 876. The van der Waals surface area contributed by atoms with Crippen molar-refractivity contribution in [2.45, 2.75) is 66.2 Å². The van der Waals surface area contributed by atoms with Crippen LogP contribution in [-0.4, -0.2) is 73.5 Å². The highest BCUT2D eigenvalue weighted by Gasteiger charge is 2.96. The Balaban J connectivity index is 3.59. The Hall–Kier alpha value is -1.32. The van der Waals surface area contributed by atoms with Crippen LogP contribution < -0.4 is 0 Å². The van der Waals surface area contributed by atoms with Gasteiger partial charge in [-0.2, -0.15) is 92.4 Å². The van der Waals surface area contributed by atoms with Crippen LogP contribution in [0.1, 0.15) is 19.3 Å². The molecule has 0 aliphatic carbocycles. The van der Waals surface area contributed by atoms with Gasteiger partial charge in [0.2, 0.25) is 0 Å². The average Bonchev–Trinajstić information content (AvgIpc) is 2.66. The van der Waals surface area contributed by atoms with Gasteiger partial charge in [-0.25, -0.2) is 0 Å². The molecule has 0 atom stereocenters.